The van der Waals surface area contributed by atoms with Crippen molar-refractivity contribution in [3.05, 3.63) is 66.5 Å². The first-order valence-corrected chi connectivity index (χ1v) is 6.44. The molecule has 0 aliphatic heterocycles. The number of nitrogens with one attached hydrogen (secondary N) is 1. The summed E-state index contributed by atoms with van der Waals surface area (Å²) in [7, 11) is 0. The van der Waals surface area contributed by atoms with Crippen molar-refractivity contribution < 1.29 is 0 Å². The van der Waals surface area contributed by atoms with Gasteiger partial charge in [0.1, 0.15) is 11.5 Å². The number of imidazole rings is 1. The van der Waals surface area contributed by atoms with Gasteiger partial charge in [0.2, 0.25) is 0 Å². The molecule has 5 nitrogen and oxygen atoms in total. The number of aromatic nitrogens is 4. The fraction of sp³-hybridized carbons (Fsp3) is 0.133. The molecule has 0 radical (unpaired) electrons. The van der Waals surface area contributed by atoms with Crippen LogP contribution in [0.4, 0.5) is 0 Å². The lowest BCUT2D eigenvalue weighted by Crippen LogP contribution is -2.13. The molecule has 1 aromatic carbocycles. The molecule has 1 atom stereocenters. The average molecular weight is 265 g/mol. The zero-order valence-electron chi connectivity index (χ0n) is 10.9. The van der Waals surface area contributed by atoms with Crippen molar-refractivity contribution >= 4 is 0 Å². The highest BCUT2D eigenvalue weighted by Gasteiger charge is 2.10. The van der Waals surface area contributed by atoms with Gasteiger partial charge in [-0.05, 0) is 5.56 Å². The van der Waals surface area contributed by atoms with E-state index in [4.69, 9.17) is 5.73 Å². The molecule has 0 aliphatic carbocycles. The van der Waals surface area contributed by atoms with E-state index in [0.717, 1.165) is 22.8 Å². The fourth-order valence-corrected chi connectivity index (χ4v) is 2.06. The third kappa shape index (κ3) is 2.73. The van der Waals surface area contributed by atoms with Gasteiger partial charge in [0.05, 0.1) is 18.1 Å². The third-order valence-corrected chi connectivity index (χ3v) is 3.11. The van der Waals surface area contributed by atoms with E-state index in [0.29, 0.717) is 6.42 Å². The highest BCUT2D eigenvalue weighted by Crippen LogP contribution is 2.17. The Morgan fingerprint density at radius 3 is 2.65 bits per heavy atom. The largest absolute Gasteiger partial charge is 0.341 e. The Hall–Kier alpha value is -2.53. The van der Waals surface area contributed by atoms with Crippen molar-refractivity contribution in [1.82, 2.24) is 19.9 Å². The predicted molar refractivity (Wildman–Crippen MR) is 76.7 cm³/mol. The highest BCUT2D eigenvalue weighted by atomic mass is 14.9. The molecule has 100 valence electrons. The van der Waals surface area contributed by atoms with Crippen LogP contribution in [0.15, 0.2) is 55.1 Å². The Morgan fingerprint density at radius 1 is 1.05 bits per heavy atom. The first kappa shape index (κ1) is 12.5. The first-order valence-electron chi connectivity index (χ1n) is 6.44. The summed E-state index contributed by atoms with van der Waals surface area (Å²) in [5.41, 5.74) is 8.92. The van der Waals surface area contributed by atoms with Crippen LogP contribution in [0.5, 0.6) is 0 Å². The summed E-state index contributed by atoms with van der Waals surface area (Å²) in [6.45, 7) is 0. The van der Waals surface area contributed by atoms with Gasteiger partial charge in [-0.3, -0.25) is 9.97 Å². The molecular weight excluding hydrogens is 250 g/mol. The molecular formula is C15H15N5. The van der Waals surface area contributed by atoms with Gasteiger partial charge in [0.15, 0.2) is 0 Å². The molecule has 0 fully saturated rings. The molecule has 0 amide bonds. The maximum atomic E-state index is 6.19. The van der Waals surface area contributed by atoms with E-state index >= 15 is 0 Å². The zero-order valence-corrected chi connectivity index (χ0v) is 10.9. The number of H-pyrrole nitrogens is 1. The van der Waals surface area contributed by atoms with Crippen LogP contribution in [0, 0.1) is 0 Å². The maximum Gasteiger partial charge on any atom is 0.108 e. The number of benzene rings is 1. The Labute approximate surface area is 116 Å². The SMILES string of the molecule is NC(Cc1ncc(-c2cnccn2)[nH]1)c1ccccc1. The van der Waals surface area contributed by atoms with Crippen molar-refractivity contribution in [2.75, 3.05) is 0 Å². The summed E-state index contributed by atoms with van der Waals surface area (Å²) in [5.74, 6) is 0.849. The molecule has 0 saturated heterocycles. The summed E-state index contributed by atoms with van der Waals surface area (Å²) in [4.78, 5) is 15.9. The van der Waals surface area contributed by atoms with Gasteiger partial charge in [-0.1, -0.05) is 30.3 Å². The van der Waals surface area contributed by atoms with Crippen LogP contribution in [0.2, 0.25) is 0 Å². The monoisotopic (exact) mass is 265 g/mol. The number of nitrogens with two attached hydrogens (primary N) is 1. The van der Waals surface area contributed by atoms with Crippen LogP contribution in [-0.4, -0.2) is 19.9 Å². The number of hydrogen-bond donors (Lipinski definition) is 2. The van der Waals surface area contributed by atoms with Gasteiger partial charge in [0, 0.05) is 24.9 Å². The Balaban J connectivity index is 1.75. The van der Waals surface area contributed by atoms with Crippen LogP contribution < -0.4 is 5.73 Å². The Morgan fingerprint density at radius 2 is 1.90 bits per heavy atom. The quantitative estimate of drug-likeness (QED) is 0.757. The van der Waals surface area contributed by atoms with E-state index in [1.807, 2.05) is 30.3 Å². The molecule has 3 aromatic rings. The average Bonchev–Trinajstić information content (AvgIpc) is 2.97. The van der Waals surface area contributed by atoms with E-state index in [1.165, 1.54) is 0 Å². The Kier molecular flexibility index (Phi) is 3.52. The topological polar surface area (TPSA) is 80.5 Å². The molecule has 0 aliphatic rings. The van der Waals surface area contributed by atoms with Gasteiger partial charge in [-0.15, -0.1) is 0 Å². The molecule has 0 spiro atoms. The molecule has 3 rings (SSSR count). The summed E-state index contributed by atoms with van der Waals surface area (Å²) >= 11 is 0. The molecule has 2 aromatic heterocycles. The molecule has 20 heavy (non-hydrogen) atoms. The molecule has 1 unspecified atom stereocenters. The van der Waals surface area contributed by atoms with Crippen molar-refractivity contribution in [2.45, 2.75) is 12.5 Å². The van der Waals surface area contributed by atoms with Crippen LogP contribution >= 0.6 is 0 Å². The fourth-order valence-electron chi connectivity index (χ4n) is 2.06. The van der Waals surface area contributed by atoms with Gasteiger partial charge in [-0.25, -0.2) is 4.98 Å². The zero-order chi connectivity index (χ0) is 13.8. The van der Waals surface area contributed by atoms with Gasteiger partial charge >= 0.3 is 0 Å². The van der Waals surface area contributed by atoms with E-state index in [2.05, 4.69) is 19.9 Å². The third-order valence-electron chi connectivity index (χ3n) is 3.11. The summed E-state index contributed by atoms with van der Waals surface area (Å²) in [6.07, 6.45) is 7.42. The lowest BCUT2D eigenvalue weighted by molar-refractivity contribution is 0.695. The number of nitrogens with zero attached hydrogens (tertiary/aromatic N) is 3. The van der Waals surface area contributed by atoms with E-state index in [-0.39, 0.29) is 6.04 Å². The Bertz CT molecular complexity index is 663. The second-order valence-electron chi connectivity index (χ2n) is 4.56. The summed E-state index contributed by atoms with van der Waals surface area (Å²) in [6, 6.07) is 9.94. The van der Waals surface area contributed by atoms with Crippen LogP contribution in [0.25, 0.3) is 11.4 Å². The predicted octanol–water partition coefficient (Wildman–Crippen LogP) is 2.11. The van der Waals surface area contributed by atoms with Crippen LogP contribution in [-0.2, 0) is 6.42 Å². The van der Waals surface area contributed by atoms with Crippen LogP contribution in [0.1, 0.15) is 17.4 Å². The van der Waals surface area contributed by atoms with Crippen molar-refractivity contribution in [2.24, 2.45) is 5.73 Å². The van der Waals surface area contributed by atoms with Crippen LogP contribution in [0.3, 0.4) is 0 Å². The van der Waals surface area contributed by atoms with Crippen molar-refractivity contribution in [3.8, 4) is 11.4 Å². The first-order chi connectivity index (χ1) is 9.83. The molecule has 0 bridgehead atoms. The summed E-state index contributed by atoms with van der Waals surface area (Å²) in [5, 5.41) is 0. The van der Waals surface area contributed by atoms with Crippen molar-refractivity contribution in [1.29, 1.82) is 0 Å². The minimum Gasteiger partial charge on any atom is -0.341 e. The number of rotatable bonds is 4. The molecule has 3 N–H and O–H groups in total. The molecule has 2 heterocycles. The minimum atomic E-state index is -0.0722. The normalized spacial score (nSPS) is 12.2. The lowest BCUT2D eigenvalue weighted by Gasteiger charge is -2.09. The second-order valence-corrected chi connectivity index (χ2v) is 4.56. The molecule has 5 heteroatoms. The van der Waals surface area contributed by atoms with E-state index in [1.54, 1.807) is 24.8 Å². The van der Waals surface area contributed by atoms with Gasteiger partial charge in [0.25, 0.3) is 0 Å². The maximum absolute atomic E-state index is 6.19. The lowest BCUT2D eigenvalue weighted by atomic mass is 10.0. The van der Waals surface area contributed by atoms with E-state index in [9.17, 15) is 0 Å². The van der Waals surface area contributed by atoms with Gasteiger partial charge in [-0.2, -0.15) is 0 Å². The minimum absolute atomic E-state index is 0.0722. The second kappa shape index (κ2) is 5.63. The standard InChI is InChI=1S/C15H15N5/c16-12(11-4-2-1-3-5-11)8-15-19-10-14(20-15)13-9-17-6-7-18-13/h1-7,9-10,12H,8,16H2,(H,19,20). The summed E-state index contributed by atoms with van der Waals surface area (Å²) < 4.78 is 0. The molecule has 0 saturated carbocycles. The smallest absolute Gasteiger partial charge is 0.108 e. The van der Waals surface area contributed by atoms with Crippen molar-refractivity contribution in [3.63, 3.8) is 0 Å². The van der Waals surface area contributed by atoms with E-state index < -0.39 is 0 Å². The van der Waals surface area contributed by atoms with Gasteiger partial charge < -0.3 is 10.7 Å². The number of aromatic amines is 1. The highest BCUT2D eigenvalue weighted by molar-refractivity contribution is 5.51. The number of hydrogen-bond acceptors (Lipinski definition) is 4.